The lowest BCUT2D eigenvalue weighted by atomic mass is 10.2. The Labute approximate surface area is 130 Å². The van der Waals surface area contributed by atoms with Crippen molar-refractivity contribution in [3.8, 4) is 0 Å². The van der Waals surface area contributed by atoms with Crippen molar-refractivity contribution in [3.05, 3.63) is 56.9 Å². The van der Waals surface area contributed by atoms with Crippen molar-refractivity contribution in [1.82, 2.24) is 20.1 Å². The summed E-state index contributed by atoms with van der Waals surface area (Å²) in [7, 11) is 0. The van der Waals surface area contributed by atoms with Crippen LogP contribution in [0.5, 0.6) is 0 Å². The smallest absolute Gasteiger partial charge is 0.275 e. The summed E-state index contributed by atoms with van der Waals surface area (Å²) in [5.41, 5.74) is 0.667. The minimum Gasteiger partial charge on any atom is -0.348 e. The molecule has 2 heterocycles. The zero-order valence-corrected chi connectivity index (χ0v) is 12.8. The highest BCUT2D eigenvalue weighted by Crippen LogP contribution is 2.08. The Balaban J connectivity index is 1.71. The molecule has 3 rings (SSSR count). The van der Waals surface area contributed by atoms with Gasteiger partial charge in [0.1, 0.15) is 11.6 Å². The number of carbonyl (C=O) groups excluding carboxylic acids is 1. The second-order valence-corrected chi connectivity index (χ2v) is 5.80. The molecule has 0 aliphatic rings. The van der Waals surface area contributed by atoms with Crippen LogP contribution in [0.25, 0.3) is 10.8 Å². The Bertz CT molecular complexity index is 884. The van der Waals surface area contributed by atoms with Crippen molar-refractivity contribution in [2.24, 2.45) is 0 Å². The number of thiazole rings is 1. The number of nitrogens with zero attached hydrogens (tertiary/aromatic N) is 3. The van der Waals surface area contributed by atoms with Crippen LogP contribution in [0.4, 0.5) is 0 Å². The van der Waals surface area contributed by atoms with E-state index in [1.807, 2.05) is 24.4 Å². The Kier molecular flexibility index (Phi) is 3.97. The van der Waals surface area contributed by atoms with Gasteiger partial charge >= 0.3 is 0 Å². The molecule has 0 unspecified atom stereocenters. The fourth-order valence-electron chi connectivity index (χ4n) is 2.09. The predicted octanol–water partition coefficient (Wildman–Crippen LogP) is 1.48. The second-order valence-electron chi connectivity index (χ2n) is 4.85. The summed E-state index contributed by atoms with van der Waals surface area (Å²) in [4.78, 5) is 28.5. The third-order valence-corrected chi connectivity index (χ3v) is 4.13. The zero-order chi connectivity index (χ0) is 15.5. The van der Waals surface area contributed by atoms with Gasteiger partial charge in [-0.1, -0.05) is 18.2 Å². The van der Waals surface area contributed by atoms with Crippen LogP contribution in [-0.2, 0) is 17.9 Å². The van der Waals surface area contributed by atoms with E-state index in [2.05, 4.69) is 15.4 Å². The van der Waals surface area contributed by atoms with Crippen LogP contribution >= 0.6 is 11.3 Å². The van der Waals surface area contributed by atoms with E-state index < -0.39 is 0 Å². The lowest BCUT2D eigenvalue weighted by Gasteiger charge is -2.06. The van der Waals surface area contributed by atoms with Crippen LogP contribution in [0, 0.1) is 6.92 Å². The highest BCUT2D eigenvalue weighted by molar-refractivity contribution is 7.09. The van der Waals surface area contributed by atoms with Crippen molar-refractivity contribution in [2.75, 3.05) is 0 Å². The maximum absolute atomic E-state index is 12.3. The summed E-state index contributed by atoms with van der Waals surface area (Å²) >= 11 is 1.49. The molecule has 2 aromatic heterocycles. The van der Waals surface area contributed by atoms with Gasteiger partial charge in [-0.15, -0.1) is 11.3 Å². The molecule has 22 heavy (non-hydrogen) atoms. The molecular formula is C15H14N4O2S. The normalized spacial score (nSPS) is 10.8. The highest BCUT2D eigenvalue weighted by atomic mass is 32.1. The number of carbonyl (C=O) groups is 1. The number of benzene rings is 1. The van der Waals surface area contributed by atoms with Gasteiger partial charge in [-0.05, 0) is 13.0 Å². The molecule has 0 aliphatic carbocycles. The molecule has 7 heteroatoms. The fraction of sp³-hybridized carbons (Fsp3) is 0.200. The number of aromatic nitrogens is 3. The third-order valence-electron chi connectivity index (χ3n) is 3.16. The van der Waals surface area contributed by atoms with Crippen LogP contribution in [0.1, 0.15) is 10.7 Å². The van der Waals surface area contributed by atoms with E-state index in [1.54, 1.807) is 18.3 Å². The molecular weight excluding hydrogens is 300 g/mol. The minimum atomic E-state index is -0.266. The van der Waals surface area contributed by atoms with Crippen LogP contribution in [-0.4, -0.2) is 20.7 Å². The van der Waals surface area contributed by atoms with E-state index in [1.165, 1.54) is 16.0 Å². The molecule has 3 aromatic rings. The molecule has 0 aliphatic heterocycles. The van der Waals surface area contributed by atoms with Crippen molar-refractivity contribution in [2.45, 2.75) is 20.0 Å². The molecule has 0 saturated carbocycles. The van der Waals surface area contributed by atoms with Gasteiger partial charge in [0.05, 0.1) is 18.1 Å². The van der Waals surface area contributed by atoms with Gasteiger partial charge in [-0.2, -0.15) is 5.10 Å². The third kappa shape index (κ3) is 3.04. The lowest BCUT2D eigenvalue weighted by Crippen LogP contribution is -2.33. The van der Waals surface area contributed by atoms with Gasteiger partial charge in [-0.25, -0.2) is 9.67 Å². The van der Waals surface area contributed by atoms with E-state index >= 15 is 0 Å². The number of nitrogens with one attached hydrogen (secondary N) is 1. The van der Waals surface area contributed by atoms with Crippen LogP contribution in [0.2, 0.25) is 0 Å². The molecule has 0 bridgehead atoms. The standard InChI is InChI=1S/C15H14N4O2S/c1-10-9-22-14(18-10)7-16-13(20)8-19-15(21)12-5-3-2-4-11(12)6-17-19/h2-6,9H,7-8H2,1H3,(H,16,20). The Morgan fingerprint density at radius 2 is 2.18 bits per heavy atom. The maximum Gasteiger partial charge on any atom is 0.275 e. The maximum atomic E-state index is 12.3. The first kappa shape index (κ1) is 14.4. The minimum absolute atomic E-state index is 0.103. The average molecular weight is 314 g/mol. The van der Waals surface area contributed by atoms with Gasteiger partial charge in [-0.3, -0.25) is 9.59 Å². The predicted molar refractivity (Wildman–Crippen MR) is 84.7 cm³/mol. The van der Waals surface area contributed by atoms with Gasteiger partial charge in [0.15, 0.2) is 0 Å². The molecule has 1 N–H and O–H groups in total. The molecule has 0 spiro atoms. The van der Waals surface area contributed by atoms with E-state index in [9.17, 15) is 9.59 Å². The van der Waals surface area contributed by atoms with Crippen LogP contribution in [0.15, 0.2) is 40.6 Å². The quantitative estimate of drug-likeness (QED) is 0.791. The molecule has 6 nitrogen and oxygen atoms in total. The Morgan fingerprint density at radius 1 is 1.36 bits per heavy atom. The molecule has 0 saturated heterocycles. The largest absolute Gasteiger partial charge is 0.348 e. The number of aryl methyl sites for hydroxylation is 1. The lowest BCUT2D eigenvalue weighted by molar-refractivity contribution is -0.122. The Hall–Kier alpha value is -2.54. The first-order valence-corrected chi connectivity index (χ1v) is 7.64. The SMILES string of the molecule is Cc1csc(CNC(=O)Cn2ncc3ccccc3c2=O)n1. The van der Waals surface area contributed by atoms with Gasteiger partial charge in [0.25, 0.3) is 5.56 Å². The number of rotatable bonds is 4. The number of fused-ring (bicyclic) bond motifs is 1. The number of amides is 1. The molecule has 0 fully saturated rings. The van der Waals surface area contributed by atoms with E-state index in [4.69, 9.17) is 0 Å². The van der Waals surface area contributed by atoms with Gasteiger partial charge in [0, 0.05) is 16.5 Å². The van der Waals surface area contributed by atoms with Crippen molar-refractivity contribution < 1.29 is 4.79 Å². The summed E-state index contributed by atoms with van der Waals surface area (Å²) in [6.45, 7) is 2.16. The van der Waals surface area contributed by atoms with Crippen molar-refractivity contribution in [1.29, 1.82) is 0 Å². The summed E-state index contributed by atoms with van der Waals surface area (Å²) in [5.74, 6) is -0.266. The van der Waals surface area contributed by atoms with E-state index in [0.717, 1.165) is 16.1 Å². The summed E-state index contributed by atoms with van der Waals surface area (Å²) < 4.78 is 1.17. The molecule has 1 amide bonds. The van der Waals surface area contributed by atoms with Gasteiger partial charge in [0.2, 0.25) is 5.91 Å². The monoisotopic (exact) mass is 314 g/mol. The number of hydrogen-bond donors (Lipinski definition) is 1. The summed E-state index contributed by atoms with van der Waals surface area (Å²) in [6, 6.07) is 7.18. The fourth-order valence-corrected chi connectivity index (χ4v) is 2.80. The summed E-state index contributed by atoms with van der Waals surface area (Å²) in [5, 5.41) is 10.9. The van der Waals surface area contributed by atoms with Crippen molar-refractivity contribution >= 4 is 28.0 Å². The average Bonchev–Trinajstić information content (AvgIpc) is 2.94. The van der Waals surface area contributed by atoms with Crippen molar-refractivity contribution in [3.63, 3.8) is 0 Å². The first-order chi connectivity index (χ1) is 10.6. The van der Waals surface area contributed by atoms with Crippen LogP contribution < -0.4 is 10.9 Å². The molecule has 0 atom stereocenters. The Morgan fingerprint density at radius 3 is 2.95 bits per heavy atom. The highest BCUT2D eigenvalue weighted by Gasteiger charge is 2.09. The molecule has 112 valence electrons. The zero-order valence-electron chi connectivity index (χ0n) is 11.9. The molecule has 0 radical (unpaired) electrons. The second kappa shape index (κ2) is 6.07. The summed E-state index contributed by atoms with van der Waals surface area (Å²) in [6.07, 6.45) is 1.59. The van der Waals surface area contributed by atoms with E-state index in [0.29, 0.717) is 11.9 Å². The van der Waals surface area contributed by atoms with Gasteiger partial charge < -0.3 is 5.32 Å². The topological polar surface area (TPSA) is 76.9 Å². The van der Waals surface area contributed by atoms with E-state index in [-0.39, 0.29) is 18.0 Å². The first-order valence-electron chi connectivity index (χ1n) is 6.76. The van der Waals surface area contributed by atoms with Crippen LogP contribution in [0.3, 0.4) is 0 Å². The molecule has 1 aromatic carbocycles. The number of hydrogen-bond acceptors (Lipinski definition) is 5.